The third-order valence-corrected chi connectivity index (χ3v) is 5.15. The number of piperidine rings is 1. The van der Waals surface area contributed by atoms with Gasteiger partial charge in [0, 0.05) is 25.9 Å². The van der Waals surface area contributed by atoms with E-state index in [0.717, 1.165) is 44.6 Å². The van der Waals surface area contributed by atoms with Gasteiger partial charge in [-0.05, 0) is 56.3 Å². The summed E-state index contributed by atoms with van der Waals surface area (Å²) >= 11 is 0. The van der Waals surface area contributed by atoms with Crippen LogP contribution in [0.5, 0.6) is 0 Å². The molecule has 0 saturated carbocycles. The van der Waals surface area contributed by atoms with Crippen LogP contribution < -0.4 is 0 Å². The molecule has 0 spiro atoms. The highest BCUT2D eigenvalue weighted by molar-refractivity contribution is 5.34. The van der Waals surface area contributed by atoms with Gasteiger partial charge in [0.1, 0.15) is 11.8 Å². The SMILES string of the molecule is CCC1(CO)CCN(Cc2cc(C#N)n(C)c2C)CC1. The summed E-state index contributed by atoms with van der Waals surface area (Å²) in [5.41, 5.74) is 3.29. The first-order chi connectivity index (χ1) is 9.55. The monoisotopic (exact) mass is 275 g/mol. The van der Waals surface area contributed by atoms with Crippen LogP contribution in [-0.4, -0.2) is 34.3 Å². The normalized spacial score (nSPS) is 18.9. The lowest BCUT2D eigenvalue weighted by Crippen LogP contribution is -2.41. The van der Waals surface area contributed by atoms with Crippen LogP contribution in [0.3, 0.4) is 0 Å². The molecule has 4 heteroatoms. The lowest BCUT2D eigenvalue weighted by molar-refractivity contribution is 0.0382. The maximum absolute atomic E-state index is 9.58. The van der Waals surface area contributed by atoms with Crippen LogP contribution in [-0.2, 0) is 13.6 Å². The first-order valence-electron chi connectivity index (χ1n) is 7.44. The summed E-state index contributed by atoms with van der Waals surface area (Å²) < 4.78 is 1.96. The van der Waals surface area contributed by atoms with E-state index in [2.05, 4.69) is 24.8 Å². The molecule has 110 valence electrons. The molecule has 0 radical (unpaired) electrons. The van der Waals surface area contributed by atoms with Crippen LogP contribution in [0.4, 0.5) is 0 Å². The zero-order valence-electron chi connectivity index (χ0n) is 12.8. The summed E-state index contributed by atoms with van der Waals surface area (Å²) in [5, 5.41) is 18.7. The fraction of sp³-hybridized carbons (Fsp3) is 0.688. The molecule has 1 aromatic rings. The molecular formula is C16H25N3O. The van der Waals surface area contributed by atoms with Gasteiger partial charge in [0.15, 0.2) is 0 Å². The predicted molar refractivity (Wildman–Crippen MR) is 79.2 cm³/mol. The van der Waals surface area contributed by atoms with Gasteiger partial charge in [0.2, 0.25) is 0 Å². The minimum Gasteiger partial charge on any atom is -0.396 e. The third kappa shape index (κ3) is 2.74. The topological polar surface area (TPSA) is 52.2 Å². The van der Waals surface area contributed by atoms with Crippen LogP contribution in [0.2, 0.25) is 0 Å². The van der Waals surface area contributed by atoms with Crippen molar-refractivity contribution in [1.82, 2.24) is 9.47 Å². The van der Waals surface area contributed by atoms with E-state index < -0.39 is 0 Å². The van der Waals surface area contributed by atoms with Crippen molar-refractivity contribution < 1.29 is 5.11 Å². The third-order valence-electron chi connectivity index (χ3n) is 5.15. The predicted octanol–water partition coefficient (Wildman–Crippen LogP) is 2.19. The zero-order valence-corrected chi connectivity index (χ0v) is 12.8. The Labute approximate surface area is 121 Å². The van der Waals surface area contributed by atoms with E-state index in [1.807, 2.05) is 17.7 Å². The van der Waals surface area contributed by atoms with E-state index in [1.165, 1.54) is 11.3 Å². The highest BCUT2D eigenvalue weighted by Gasteiger charge is 2.32. The van der Waals surface area contributed by atoms with E-state index >= 15 is 0 Å². The summed E-state index contributed by atoms with van der Waals surface area (Å²) in [6, 6.07) is 4.24. The first-order valence-corrected chi connectivity index (χ1v) is 7.44. The van der Waals surface area contributed by atoms with Gasteiger partial charge in [-0.15, -0.1) is 0 Å². The van der Waals surface area contributed by atoms with Crippen molar-refractivity contribution in [3.05, 3.63) is 23.0 Å². The van der Waals surface area contributed by atoms with Crippen molar-refractivity contribution in [1.29, 1.82) is 5.26 Å². The number of likely N-dealkylation sites (tertiary alicyclic amines) is 1. The zero-order chi connectivity index (χ0) is 14.8. The quantitative estimate of drug-likeness (QED) is 0.916. The van der Waals surface area contributed by atoms with Crippen molar-refractivity contribution in [2.45, 2.75) is 39.7 Å². The summed E-state index contributed by atoms with van der Waals surface area (Å²) in [7, 11) is 1.95. The van der Waals surface area contributed by atoms with Crippen molar-refractivity contribution >= 4 is 0 Å². The molecule has 0 amide bonds. The van der Waals surface area contributed by atoms with Gasteiger partial charge >= 0.3 is 0 Å². The van der Waals surface area contributed by atoms with Crippen LogP contribution >= 0.6 is 0 Å². The average Bonchev–Trinajstić information content (AvgIpc) is 2.76. The number of aliphatic hydroxyl groups excluding tert-OH is 1. The fourth-order valence-electron chi connectivity index (χ4n) is 3.08. The molecule has 1 N–H and O–H groups in total. The summed E-state index contributed by atoms with van der Waals surface area (Å²) in [6.45, 7) is 7.53. The maximum atomic E-state index is 9.58. The van der Waals surface area contributed by atoms with Crippen molar-refractivity contribution in [3.63, 3.8) is 0 Å². The van der Waals surface area contributed by atoms with Crippen molar-refractivity contribution in [2.24, 2.45) is 12.5 Å². The second kappa shape index (κ2) is 5.99. The van der Waals surface area contributed by atoms with Gasteiger partial charge < -0.3 is 9.67 Å². The van der Waals surface area contributed by atoms with Gasteiger partial charge in [0.25, 0.3) is 0 Å². The smallest absolute Gasteiger partial charge is 0.120 e. The van der Waals surface area contributed by atoms with E-state index in [1.54, 1.807) is 0 Å². The van der Waals surface area contributed by atoms with E-state index in [9.17, 15) is 5.11 Å². The molecule has 2 heterocycles. The Bertz CT molecular complexity index is 499. The van der Waals surface area contributed by atoms with Gasteiger partial charge in [0.05, 0.1) is 0 Å². The Morgan fingerprint density at radius 1 is 1.40 bits per heavy atom. The minimum absolute atomic E-state index is 0.139. The second-order valence-corrected chi connectivity index (χ2v) is 6.10. The van der Waals surface area contributed by atoms with Gasteiger partial charge in [-0.3, -0.25) is 4.90 Å². The molecule has 20 heavy (non-hydrogen) atoms. The number of hydrogen-bond acceptors (Lipinski definition) is 3. The second-order valence-electron chi connectivity index (χ2n) is 6.10. The Morgan fingerprint density at radius 2 is 2.05 bits per heavy atom. The molecule has 4 nitrogen and oxygen atoms in total. The number of aliphatic hydroxyl groups is 1. The summed E-state index contributed by atoms with van der Waals surface area (Å²) in [5.74, 6) is 0. The highest BCUT2D eigenvalue weighted by Crippen LogP contribution is 2.34. The van der Waals surface area contributed by atoms with Gasteiger partial charge in [-0.1, -0.05) is 6.92 Å². The Balaban J connectivity index is 2.02. The van der Waals surface area contributed by atoms with Crippen LogP contribution in [0.1, 0.15) is 43.1 Å². The molecule has 0 atom stereocenters. The summed E-state index contributed by atoms with van der Waals surface area (Å²) in [4.78, 5) is 2.44. The molecule has 0 unspecified atom stereocenters. The molecule has 0 aliphatic carbocycles. The van der Waals surface area contributed by atoms with Crippen LogP contribution in [0.15, 0.2) is 6.07 Å². The Hall–Kier alpha value is -1.31. The molecule has 1 aromatic heterocycles. The molecule has 1 aliphatic rings. The largest absolute Gasteiger partial charge is 0.396 e. The van der Waals surface area contributed by atoms with Crippen molar-refractivity contribution in [3.8, 4) is 6.07 Å². The van der Waals surface area contributed by atoms with E-state index in [-0.39, 0.29) is 5.41 Å². The highest BCUT2D eigenvalue weighted by atomic mass is 16.3. The first kappa shape index (κ1) is 15.1. The summed E-state index contributed by atoms with van der Waals surface area (Å²) in [6.07, 6.45) is 3.19. The molecule has 0 aromatic carbocycles. The van der Waals surface area contributed by atoms with Gasteiger partial charge in [-0.25, -0.2) is 0 Å². The standard InChI is InChI=1S/C16H25N3O/c1-4-16(12-20)5-7-19(8-6-16)11-14-9-15(10-17)18(3)13(14)2/h9,20H,4-8,11-12H2,1-3H3. The van der Waals surface area contributed by atoms with Crippen LogP contribution in [0, 0.1) is 23.7 Å². The minimum atomic E-state index is 0.139. The van der Waals surface area contributed by atoms with Crippen molar-refractivity contribution in [2.75, 3.05) is 19.7 Å². The lowest BCUT2D eigenvalue weighted by atomic mass is 9.77. The maximum Gasteiger partial charge on any atom is 0.120 e. The number of rotatable bonds is 4. The van der Waals surface area contributed by atoms with Crippen LogP contribution in [0.25, 0.3) is 0 Å². The number of hydrogen-bond donors (Lipinski definition) is 1. The van der Waals surface area contributed by atoms with E-state index in [0.29, 0.717) is 6.61 Å². The molecule has 0 bridgehead atoms. The Kier molecular flexibility index (Phi) is 4.52. The lowest BCUT2D eigenvalue weighted by Gasteiger charge is -2.40. The average molecular weight is 275 g/mol. The fourth-order valence-corrected chi connectivity index (χ4v) is 3.08. The van der Waals surface area contributed by atoms with E-state index in [4.69, 9.17) is 5.26 Å². The molecule has 1 fully saturated rings. The number of nitriles is 1. The number of aromatic nitrogens is 1. The number of nitrogens with zero attached hydrogens (tertiary/aromatic N) is 3. The molecule has 1 aliphatic heterocycles. The molecule has 2 rings (SSSR count). The molecule has 1 saturated heterocycles. The van der Waals surface area contributed by atoms with Gasteiger partial charge in [-0.2, -0.15) is 5.26 Å². The molecular weight excluding hydrogens is 250 g/mol. The Morgan fingerprint density at radius 3 is 2.50 bits per heavy atom.